The van der Waals surface area contributed by atoms with Crippen molar-refractivity contribution >= 4 is 17.3 Å². The first-order valence-electron chi connectivity index (χ1n) is 9.84. The summed E-state index contributed by atoms with van der Waals surface area (Å²) in [5, 5.41) is 7.07. The van der Waals surface area contributed by atoms with Crippen LogP contribution in [0.5, 0.6) is 0 Å². The molecule has 2 atom stereocenters. The van der Waals surface area contributed by atoms with E-state index in [-0.39, 0.29) is 28.6 Å². The molecule has 0 aliphatic carbocycles. The van der Waals surface area contributed by atoms with Gasteiger partial charge in [-0.2, -0.15) is 23.0 Å². The Morgan fingerprint density at radius 1 is 1.19 bits per heavy atom. The summed E-state index contributed by atoms with van der Waals surface area (Å²) in [5.41, 5.74) is -1.50. The van der Waals surface area contributed by atoms with Gasteiger partial charge < -0.3 is 10.1 Å². The molecule has 2 aromatic rings. The fourth-order valence-corrected chi connectivity index (χ4v) is 3.69. The van der Waals surface area contributed by atoms with Gasteiger partial charge in [-0.15, -0.1) is 0 Å². The van der Waals surface area contributed by atoms with E-state index < -0.39 is 17.3 Å². The molecule has 7 nitrogen and oxygen atoms in total. The van der Waals surface area contributed by atoms with Crippen LogP contribution in [0.25, 0.3) is 5.82 Å². The Hall–Kier alpha value is -2.17. The van der Waals surface area contributed by atoms with Crippen molar-refractivity contribution in [3.05, 3.63) is 45.5 Å². The first kappa shape index (κ1) is 23.5. The summed E-state index contributed by atoms with van der Waals surface area (Å²) >= 11 is 6.24. The standard InChI is InChI=1S/C20H25ClF3N5O2/c1-12-9-28(10-13(2)31-12)19(3,4)11-26-15-8-27-29(18(30)17(15)21)16-6-5-14(7-25-16)20(22,23)24/h5-8,12-13,26H,9-11H2,1-4H3/t12-,13-/m1/s1. The number of halogens is 4. The molecule has 0 aromatic carbocycles. The van der Waals surface area contributed by atoms with Crippen molar-refractivity contribution in [1.82, 2.24) is 19.7 Å². The van der Waals surface area contributed by atoms with E-state index in [1.807, 2.05) is 13.8 Å². The Morgan fingerprint density at radius 3 is 2.39 bits per heavy atom. The number of aromatic nitrogens is 3. The summed E-state index contributed by atoms with van der Waals surface area (Å²) in [5.74, 6) is -0.0527. The maximum absolute atomic E-state index is 12.7. The van der Waals surface area contributed by atoms with E-state index in [0.717, 1.165) is 29.9 Å². The molecule has 1 aliphatic heterocycles. The number of alkyl halides is 3. The second-order valence-corrected chi connectivity index (χ2v) is 8.70. The first-order chi connectivity index (χ1) is 14.4. The highest BCUT2D eigenvalue weighted by Crippen LogP contribution is 2.29. The minimum Gasteiger partial charge on any atom is -0.381 e. The number of hydrogen-bond donors (Lipinski definition) is 1. The summed E-state index contributed by atoms with van der Waals surface area (Å²) in [4.78, 5) is 18.6. The Morgan fingerprint density at radius 2 is 1.84 bits per heavy atom. The number of rotatable bonds is 5. The van der Waals surface area contributed by atoms with Crippen molar-refractivity contribution < 1.29 is 17.9 Å². The molecule has 1 saturated heterocycles. The van der Waals surface area contributed by atoms with Gasteiger partial charge in [0.25, 0.3) is 5.56 Å². The quantitative estimate of drug-likeness (QED) is 0.736. The molecule has 1 N–H and O–H groups in total. The fraction of sp³-hybridized carbons (Fsp3) is 0.550. The third-order valence-corrected chi connectivity index (χ3v) is 5.56. The molecule has 1 fully saturated rings. The molecule has 0 spiro atoms. The average Bonchev–Trinajstić information content (AvgIpc) is 2.68. The van der Waals surface area contributed by atoms with E-state index in [4.69, 9.17) is 16.3 Å². The van der Waals surface area contributed by atoms with Crippen molar-refractivity contribution in [1.29, 1.82) is 0 Å². The van der Waals surface area contributed by atoms with Gasteiger partial charge in [-0.1, -0.05) is 11.6 Å². The van der Waals surface area contributed by atoms with Crippen LogP contribution in [-0.2, 0) is 10.9 Å². The lowest BCUT2D eigenvalue weighted by atomic mass is 10.00. The highest BCUT2D eigenvalue weighted by atomic mass is 35.5. The smallest absolute Gasteiger partial charge is 0.381 e. The SMILES string of the molecule is C[C@@H]1CN(C(C)(C)CNc2cnn(-c3ccc(C(F)(F)F)cn3)c(=O)c2Cl)C[C@@H](C)O1. The molecule has 0 saturated carbocycles. The fourth-order valence-electron chi connectivity index (χ4n) is 3.49. The van der Waals surface area contributed by atoms with E-state index >= 15 is 0 Å². The van der Waals surface area contributed by atoms with Gasteiger partial charge >= 0.3 is 6.18 Å². The van der Waals surface area contributed by atoms with Crippen LogP contribution in [0.2, 0.25) is 5.02 Å². The van der Waals surface area contributed by atoms with Crippen molar-refractivity contribution in [2.75, 3.05) is 25.0 Å². The molecule has 0 amide bonds. The van der Waals surface area contributed by atoms with Crippen LogP contribution < -0.4 is 10.9 Å². The van der Waals surface area contributed by atoms with E-state index in [1.54, 1.807) is 0 Å². The zero-order valence-electron chi connectivity index (χ0n) is 17.7. The van der Waals surface area contributed by atoms with Gasteiger partial charge in [0.05, 0.1) is 29.7 Å². The third kappa shape index (κ3) is 5.36. The molecule has 11 heteroatoms. The number of ether oxygens (including phenoxy) is 1. The predicted octanol–water partition coefficient (Wildman–Crippen LogP) is 3.60. The number of nitrogens with one attached hydrogen (secondary N) is 1. The van der Waals surface area contributed by atoms with Crippen LogP contribution in [0, 0.1) is 0 Å². The summed E-state index contributed by atoms with van der Waals surface area (Å²) < 4.78 is 44.8. The van der Waals surface area contributed by atoms with Crippen molar-refractivity contribution in [2.24, 2.45) is 0 Å². The zero-order chi connectivity index (χ0) is 23.0. The lowest BCUT2D eigenvalue weighted by Gasteiger charge is -2.45. The number of hydrogen-bond acceptors (Lipinski definition) is 6. The number of anilines is 1. The summed E-state index contributed by atoms with van der Waals surface area (Å²) in [7, 11) is 0. The van der Waals surface area contributed by atoms with Gasteiger partial charge in [0.1, 0.15) is 5.02 Å². The van der Waals surface area contributed by atoms with Crippen LogP contribution in [0.4, 0.5) is 18.9 Å². The van der Waals surface area contributed by atoms with Gasteiger partial charge in [-0.25, -0.2) is 4.98 Å². The van der Waals surface area contributed by atoms with Crippen molar-refractivity contribution in [2.45, 2.75) is 51.6 Å². The molecule has 1 aliphatic rings. The molecule has 2 aromatic heterocycles. The van der Waals surface area contributed by atoms with Crippen LogP contribution in [-0.4, -0.2) is 57.0 Å². The molecule has 3 heterocycles. The maximum Gasteiger partial charge on any atom is 0.417 e. The lowest BCUT2D eigenvalue weighted by molar-refractivity contribution is -0.137. The van der Waals surface area contributed by atoms with E-state index in [9.17, 15) is 18.0 Å². The molecule has 3 rings (SSSR count). The number of morpholine rings is 1. The van der Waals surface area contributed by atoms with Gasteiger partial charge in [-0.3, -0.25) is 9.69 Å². The minimum atomic E-state index is -4.52. The monoisotopic (exact) mass is 459 g/mol. The third-order valence-electron chi connectivity index (χ3n) is 5.20. The summed E-state index contributed by atoms with van der Waals surface area (Å²) in [6.07, 6.45) is -2.26. The van der Waals surface area contributed by atoms with Crippen LogP contribution >= 0.6 is 11.6 Å². The maximum atomic E-state index is 12.7. The molecular weight excluding hydrogens is 435 g/mol. The normalized spacial score (nSPS) is 20.6. The Kier molecular flexibility index (Phi) is 6.64. The molecule has 170 valence electrons. The van der Waals surface area contributed by atoms with Crippen molar-refractivity contribution in [3.8, 4) is 5.82 Å². The van der Waals surface area contributed by atoms with Crippen LogP contribution in [0.1, 0.15) is 33.3 Å². The van der Waals surface area contributed by atoms with E-state index in [2.05, 4.69) is 34.1 Å². The van der Waals surface area contributed by atoms with Gasteiger partial charge in [0.15, 0.2) is 5.82 Å². The second-order valence-electron chi connectivity index (χ2n) is 8.32. The van der Waals surface area contributed by atoms with Crippen LogP contribution in [0.15, 0.2) is 29.3 Å². The van der Waals surface area contributed by atoms with Gasteiger partial charge in [-0.05, 0) is 39.8 Å². The number of pyridine rings is 1. The highest BCUT2D eigenvalue weighted by molar-refractivity contribution is 6.32. The predicted molar refractivity (Wildman–Crippen MR) is 112 cm³/mol. The molecule has 0 radical (unpaired) electrons. The molecule has 0 bridgehead atoms. The highest BCUT2D eigenvalue weighted by Gasteiger charge is 2.33. The second kappa shape index (κ2) is 8.76. The Labute approximate surface area is 183 Å². The van der Waals surface area contributed by atoms with Gasteiger partial charge in [0, 0.05) is 31.4 Å². The molecular formula is C20H25ClF3N5O2. The molecule has 31 heavy (non-hydrogen) atoms. The summed E-state index contributed by atoms with van der Waals surface area (Å²) in [6, 6.07) is 1.91. The van der Waals surface area contributed by atoms with E-state index in [0.29, 0.717) is 18.4 Å². The average molecular weight is 460 g/mol. The Balaban J connectivity index is 1.76. The van der Waals surface area contributed by atoms with E-state index in [1.165, 1.54) is 6.20 Å². The number of nitrogens with zero attached hydrogens (tertiary/aromatic N) is 4. The topological polar surface area (TPSA) is 72.3 Å². The molecule has 0 unspecified atom stereocenters. The Bertz CT molecular complexity index is 968. The van der Waals surface area contributed by atoms with Crippen LogP contribution in [0.3, 0.4) is 0 Å². The minimum absolute atomic E-state index is 0.0527. The van der Waals surface area contributed by atoms with Crippen molar-refractivity contribution in [3.63, 3.8) is 0 Å². The van der Waals surface area contributed by atoms with Gasteiger partial charge in [0.2, 0.25) is 0 Å². The largest absolute Gasteiger partial charge is 0.417 e. The zero-order valence-corrected chi connectivity index (χ0v) is 18.5. The lowest BCUT2D eigenvalue weighted by Crippen LogP contribution is -2.57. The first-order valence-corrected chi connectivity index (χ1v) is 10.2. The summed E-state index contributed by atoms with van der Waals surface area (Å²) in [6.45, 7) is 10.3.